The van der Waals surface area contributed by atoms with Gasteiger partial charge in [0.2, 0.25) is 5.88 Å². The number of sulfonamides is 1. The fourth-order valence-corrected chi connectivity index (χ4v) is 4.20. The van der Waals surface area contributed by atoms with Crippen LogP contribution in [0.1, 0.15) is 13.3 Å². The van der Waals surface area contributed by atoms with Crippen LogP contribution in [-0.4, -0.2) is 25.2 Å². The van der Waals surface area contributed by atoms with Crippen LogP contribution in [0.4, 0.5) is 5.69 Å². The molecule has 0 saturated heterocycles. The van der Waals surface area contributed by atoms with Gasteiger partial charge in [-0.05, 0) is 47.9 Å². The van der Waals surface area contributed by atoms with Gasteiger partial charge >= 0.3 is 0 Å². The first-order valence-electron chi connectivity index (χ1n) is 10.3. The van der Waals surface area contributed by atoms with Crippen LogP contribution < -0.4 is 9.46 Å². The van der Waals surface area contributed by atoms with E-state index in [0.717, 1.165) is 23.1 Å². The van der Waals surface area contributed by atoms with Crippen molar-refractivity contribution >= 4 is 15.7 Å². The zero-order valence-electron chi connectivity index (χ0n) is 17.6. The van der Waals surface area contributed by atoms with E-state index in [4.69, 9.17) is 4.74 Å². The van der Waals surface area contributed by atoms with Crippen molar-refractivity contribution in [2.45, 2.75) is 18.2 Å². The molecule has 0 spiro atoms. The summed E-state index contributed by atoms with van der Waals surface area (Å²) in [5, 5.41) is 8.23. The van der Waals surface area contributed by atoms with Gasteiger partial charge in [-0.15, -0.1) is 10.2 Å². The molecule has 7 heteroatoms. The highest BCUT2D eigenvalue weighted by Gasteiger charge is 2.14. The van der Waals surface area contributed by atoms with Crippen molar-refractivity contribution in [3.05, 3.63) is 91.0 Å². The number of nitrogens with one attached hydrogen (secondary N) is 1. The van der Waals surface area contributed by atoms with Gasteiger partial charge in [-0.3, -0.25) is 4.72 Å². The van der Waals surface area contributed by atoms with E-state index in [0.29, 0.717) is 23.9 Å². The molecule has 0 bridgehead atoms. The summed E-state index contributed by atoms with van der Waals surface area (Å²) >= 11 is 0. The van der Waals surface area contributed by atoms with Crippen molar-refractivity contribution in [3.63, 3.8) is 0 Å². The first-order valence-corrected chi connectivity index (χ1v) is 11.8. The molecule has 0 saturated carbocycles. The Morgan fingerprint density at radius 2 is 1.41 bits per heavy atom. The average molecular weight is 446 g/mol. The molecular formula is C25H23N3O3S. The van der Waals surface area contributed by atoms with Crippen LogP contribution in [0.25, 0.3) is 22.4 Å². The van der Waals surface area contributed by atoms with E-state index in [2.05, 4.69) is 14.9 Å². The fourth-order valence-electron chi connectivity index (χ4n) is 3.14. The average Bonchev–Trinajstić information content (AvgIpc) is 2.84. The molecular weight excluding hydrogens is 422 g/mol. The van der Waals surface area contributed by atoms with Crippen LogP contribution >= 0.6 is 0 Å². The van der Waals surface area contributed by atoms with E-state index in [-0.39, 0.29) is 4.90 Å². The number of anilines is 1. The maximum atomic E-state index is 12.8. The number of nitrogens with zero attached hydrogens (tertiary/aromatic N) is 2. The van der Waals surface area contributed by atoms with E-state index in [1.54, 1.807) is 54.6 Å². The van der Waals surface area contributed by atoms with Crippen LogP contribution in [0.15, 0.2) is 95.9 Å². The fraction of sp³-hybridized carbons (Fsp3) is 0.120. The number of aromatic nitrogens is 2. The Kier molecular flexibility index (Phi) is 6.47. The molecule has 4 rings (SSSR count). The zero-order chi connectivity index (χ0) is 22.4. The van der Waals surface area contributed by atoms with Crippen molar-refractivity contribution in [3.8, 4) is 28.3 Å². The third-order valence-electron chi connectivity index (χ3n) is 4.80. The molecule has 1 N–H and O–H groups in total. The molecule has 1 aromatic heterocycles. The van der Waals surface area contributed by atoms with Crippen molar-refractivity contribution < 1.29 is 13.2 Å². The Morgan fingerprint density at radius 3 is 2.03 bits per heavy atom. The van der Waals surface area contributed by atoms with Crippen molar-refractivity contribution in [1.29, 1.82) is 0 Å². The highest BCUT2D eigenvalue weighted by atomic mass is 32.2. The van der Waals surface area contributed by atoms with Gasteiger partial charge in [0.05, 0.1) is 17.2 Å². The summed E-state index contributed by atoms with van der Waals surface area (Å²) in [6.45, 7) is 2.62. The number of hydrogen-bond donors (Lipinski definition) is 1. The third kappa shape index (κ3) is 5.12. The molecule has 3 aromatic carbocycles. The lowest BCUT2D eigenvalue weighted by molar-refractivity contribution is 0.302. The van der Waals surface area contributed by atoms with Gasteiger partial charge < -0.3 is 4.74 Å². The highest BCUT2D eigenvalue weighted by molar-refractivity contribution is 7.92. The minimum atomic E-state index is -3.70. The van der Waals surface area contributed by atoms with Crippen LogP contribution in [0, 0.1) is 0 Å². The summed E-state index contributed by atoms with van der Waals surface area (Å²) in [5.41, 5.74) is 3.97. The molecule has 1 heterocycles. The van der Waals surface area contributed by atoms with Gasteiger partial charge in [-0.25, -0.2) is 8.42 Å². The predicted octanol–water partition coefficient (Wildman–Crippen LogP) is 5.40. The van der Waals surface area contributed by atoms with Crippen LogP contribution in [0.5, 0.6) is 5.88 Å². The normalized spacial score (nSPS) is 11.2. The van der Waals surface area contributed by atoms with Gasteiger partial charge in [0.15, 0.2) is 0 Å². The predicted molar refractivity (Wildman–Crippen MR) is 126 cm³/mol. The lowest BCUT2D eigenvalue weighted by atomic mass is 10.1. The van der Waals surface area contributed by atoms with Crippen LogP contribution in [0.2, 0.25) is 0 Å². The van der Waals surface area contributed by atoms with Gasteiger partial charge in [0.25, 0.3) is 10.0 Å². The summed E-state index contributed by atoms with van der Waals surface area (Å²) < 4.78 is 33.6. The largest absolute Gasteiger partial charge is 0.477 e. The Balaban J connectivity index is 1.45. The van der Waals surface area contributed by atoms with Crippen molar-refractivity contribution in [2.75, 3.05) is 11.3 Å². The van der Waals surface area contributed by atoms with Crippen LogP contribution in [-0.2, 0) is 10.0 Å². The third-order valence-corrected chi connectivity index (χ3v) is 6.20. The Morgan fingerprint density at radius 1 is 0.750 bits per heavy atom. The van der Waals surface area contributed by atoms with Gasteiger partial charge in [-0.1, -0.05) is 61.5 Å². The lowest BCUT2D eigenvalue weighted by Gasteiger charge is -2.10. The van der Waals surface area contributed by atoms with E-state index >= 15 is 0 Å². The summed E-state index contributed by atoms with van der Waals surface area (Å²) in [4.78, 5) is 0.204. The molecule has 0 amide bonds. The molecule has 0 fully saturated rings. The molecule has 0 aliphatic carbocycles. The van der Waals surface area contributed by atoms with Gasteiger partial charge in [0.1, 0.15) is 0 Å². The quantitative estimate of drug-likeness (QED) is 0.393. The monoisotopic (exact) mass is 445 g/mol. The minimum Gasteiger partial charge on any atom is -0.477 e. The summed E-state index contributed by atoms with van der Waals surface area (Å²) in [6.07, 6.45) is 0.901. The maximum absolute atomic E-state index is 12.8. The smallest absolute Gasteiger partial charge is 0.261 e. The first kappa shape index (κ1) is 21.5. The maximum Gasteiger partial charge on any atom is 0.261 e. The minimum absolute atomic E-state index is 0.204. The number of rotatable bonds is 8. The molecule has 0 aliphatic heterocycles. The van der Waals surface area contributed by atoms with E-state index in [1.165, 1.54) is 0 Å². The van der Waals surface area contributed by atoms with E-state index < -0.39 is 10.0 Å². The Hall–Kier alpha value is -3.71. The van der Waals surface area contributed by atoms with Gasteiger partial charge in [0, 0.05) is 17.3 Å². The Labute approximate surface area is 188 Å². The Bertz CT molecular complexity index is 1260. The molecule has 0 unspecified atom stereocenters. The summed E-state index contributed by atoms with van der Waals surface area (Å²) in [6, 6.07) is 27.2. The van der Waals surface area contributed by atoms with E-state index in [1.807, 2.05) is 43.3 Å². The van der Waals surface area contributed by atoms with Gasteiger partial charge in [-0.2, -0.15) is 0 Å². The summed E-state index contributed by atoms with van der Waals surface area (Å²) in [7, 11) is -3.70. The number of benzene rings is 3. The SMILES string of the molecule is CCCOc1ccc(-c2ccc(NS(=O)(=O)c3ccc(-c4ccccc4)cc3)cc2)nn1. The summed E-state index contributed by atoms with van der Waals surface area (Å²) in [5.74, 6) is 0.485. The molecule has 0 radical (unpaired) electrons. The molecule has 32 heavy (non-hydrogen) atoms. The lowest BCUT2D eigenvalue weighted by Crippen LogP contribution is -2.12. The second-order valence-corrected chi connectivity index (χ2v) is 8.86. The topological polar surface area (TPSA) is 81.2 Å². The molecule has 6 nitrogen and oxygen atoms in total. The number of ether oxygens (including phenoxy) is 1. The van der Waals surface area contributed by atoms with Crippen molar-refractivity contribution in [1.82, 2.24) is 10.2 Å². The molecule has 0 atom stereocenters. The van der Waals surface area contributed by atoms with E-state index in [9.17, 15) is 8.42 Å². The number of hydrogen-bond acceptors (Lipinski definition) is 5. The highest BCUT2D eigenvalue weighted by Crippen LogP contribution is 2.24. The second kappa shape index (κ2) is 9.62. The standard InChI is InChI=1S/C25H23N3O3S/c1-2-18-31-25-17-16-24(26-27-25)21-8-12-22(13-9-21)28-32(29,30)23-14-10-20(11-15-23)19-6-4-3-5-7-19/h3-17,28H,2,18H2,1H3. The second-order valence-electron chi connectivity index (χ2n) is 7.18. The zero-order valence-corrected chi connectivity index (χ0v) is 18.4. The van der Waals surface area contributed by atoms with Crippen LogP contribution in [0.3, 0.4) is 0 Å². The molecule has 0 aliphatic rings. The van der Waals surface area contributed by atoms with Crippen molar-refractivity contribution in [2.24, 2.45) is 0 Å². The first-order chi connectivity index (χ1) is 15.5. The molecule has 4 aromatic rings. The molecule has 162 valence electrons.